The first-order valence-electron chi connectivity index (χ1n) is 5.19. The molecule has 0 heterocycles. The van der Waals surface area contributed by atoms with Gasteiger partial charge in [-0.1, -0.05) is 18.2 Å². The maximum absolute atomic E-state index is 8.06. The van der Waals surface area contributed by atoms with Crippen molar-refractivity contribution >= 4 is 7.32 Å². The molecule has 2 N–H and O–H groups in total. The molecule has 102 valence electrons. The zero-order valence-electron chi connectivity index (χ0n) is 11.6. The van der Waals surface area contributed by atoms with Gasteiger partial charge >= 0.3 is 7.32 Å². The fourth-order valence-corrected chi connectivity index (χ4v) is 0.237. The molecule has 0 saturated carbocycles. The largest absolute Gasteiger partial charge is 0.633 e. The van der Waals surface area contributed by atoms with Gasteiger partial charge in [-0.15, -0.1) is 19.7 Å². The molecule has 4 nitrogen and oxygen atoms in total. The van der Waals surface area contributed by atoms with Gasteiger partial charge in [0.05, 0.1) is 13.2 Å². The van der Waals surface area contributed by atoms with Gasteiger partial charge in [0.25, 0.3) is 0 Å². The minimum absolute atomic E-state index is 0.203. The number of hydrogen-bond acceptors (Lipinski definition) is 4. The molecular formula is C12H27BO4. The zero-order chi connectivity index (χ0) is 14.5. The van der Waals surface area contributed by atoms with E-state index in [0.29, 0.717) is 6.61 Å². The lowest BCUT2D eigenvalue weighted by atomic mass is 10.3. The third-order valence-electron chi connectivity index (χ3n) is 0.554. The van der Waals surface area contributed by atoms with Crippen LogP contribution < -0.4 is 0 Å². The Balaban J connectivity index is -0.0000000784. The molecule has 0 aliphatic carbocycles. The second kappa shape index (κ2) is 36.2. The Labute approximate surface area is 106 Å². The molecule has 5 heteroatoms. The van der Waals surface area contributed by atoms with Gasteiger partial charge in [-0.3, -0.25) is 0 Å². The van der Waals surface area contributed by atoms with Crippen LogP contribution in [-0.2, 0) is 9.39 Å². The van der Waals surface area contributed by atoms with E-state index in [4.69, 9.17) is 10.0 Å². The van der Waals surface area contributed by atoms with Crippen LogP contribution in [0.15, 0.2) is 38.0 Å². The predicted molar refractivity (Wildman–Crippen MR) is 75.6 cm³/mol. The highest BCUT2D eigenvalue weighted by Crippen LogP contribution is 1.74. The topological polar surface area (TPSA) is 58.9 Å². The molecule has 0 fully saturated rings. The van der Waals surface area contributed by atoms with Crippen LogP contribution in [0, 0.1) is 0 Å². The Morgan fingerprint density at radius 3 is 1.41 bits per heavy atom. The molecule has 0 aromatic carbocycles. The maximum Gasteiger partial charge on any atom is 0.633 e. The first-order chi connectivity index (χ1) is 8.01. The first kappa shape index (κ1) is 25.1. The quantitative estimate of drug-likeness (QED) is 0.453. The Hall–Kier alpha value is -0.875. The molecule has 0 aromatic rings. The van der Waals surface area contributed by atoms with Crippen LogP contribution in [0.1, 0.15) is 20.8 Å². The van der Waals surface area contributed by atoms with Gasteiger partial charge in [-0.05, 0) is 20.8 Å². The zero-order valence-corrected chi connectivity index (χ0v) is 11.6. The van der Waals surface area contributed by atoms with Gasteiger partial charge in [0.1, 0.15) is 0 Å². The minimum atomic E-state index is -1.68. The molecule has 0 spiro atoms. The fraction of sp³-hybridized carbons (Fsp3) is 0.500. The highest BCUT2D eigenvalue weighted by molar-refractivity contribution is 6.32. The molecular weight excluding hydrogens is 219 g/mol. The van der Waals surface area contributed by atoms with Crippen molar-refractivity contribution in [2.45, 2.75) is 20.8 Å². The Bertz CT molecular complexity index is 124. The van der Waals surface area contributed by atoms with Gasteiger partial charge in [0.15, 0.2) is 0 Å². The third kappa shape index (κ3) is 153. The SMILES string of the molecule is C=CC.C=CC.C=CC.COCCOB(O)O. The third-order valence-corrected chi connectivity index (χ3v) is 0.554. The number of methoxy groups -OCH3 is 1. The van der Waals surface area contributed by atoms with Gasteiger partial charge in [-0.2, -0.15) is 0 Å². The molecule has 0 aliphatic rings. The Morgan fingerprint density at radius 1 is 0.941 bits per heavy atom. The van der Waals surface area contributed by atoms with Crippen LogP contribution in [0.25, 0.3) is 0 Å². The summed E-state index contributed by atoms with van der Waals surface area (Å²) >= 11 is 0. The van der Waals surface area contributed by atoms with Gasteiger partial charge in [-0.25, -0.2) is 0 Å². The van der Waals surface area contributed by atoms with Crippen LogP contribution in [-0.4, -0.2) is 37.7 Å². The van der Waals surface area contributed by atoms with E-state index in [2.05, 4.69) is 29.1 Å². The normalized spacial score (nSPS) is 6.71. The van der Waals surface area contributed by atoms with Crippen molar-refractivity contribution in [3.8, 4) is 0 Å². The summed E-state index contributed by atoms with van der Waals surface area (Å²) in [6.45, 7) is 16.3. The molecule has 0 aliphatic heterocycles. The monoisotopic (exact) mass is 246 g/mol. The van der Waals surface area contributed by atoms with E-state index in [0.717, 1.165) is 0 Å². The number of ether oxygens (including phenoxy) is 1. The summed E-state index contributed by atoms with van der Waals surface area (Å²) in [5.74, 6) is 0. The van der Waals surface area contributed by atoms with Gasteiger partial charge < -0.3 is 19.4 Å². The molecule has 0 saturated heterocycles. The van der Waals surface area contributed by atoms with Crippen LogP contribution >= 0.6 is 0 Å². The summed E-state index contributed by atoms with van der Waals surface area (Å²) in [4.78, 5) is 0. The van der Waals surface area contributed by atoms with Crippen molar-refractivity contribution in [2.75, 3.05) is 20.3 Å². The van der Waals surface area contributed by atoms with Crippen molar-refractivity contribution in [1.82, 2.24) is 0 Å². The van der Waals surface area contributed by atoms with E-state index in [-0.39, 0.29) is 6.61 Å². The molecule has 0 aromatic heterocycles. The average Bonchev–Trinajstić information content (AvgIpc) is 2.21. The smallest absolute Gasteiger partial charge is 0.402 e. The van der Waals surface area contributed by atoms with Crippen molar-refractivity contribution in [3.63, 3.8) is 0 Å². The van der Waals surface area contributed by atoms with E-state index in [1.807, 2.05) is 20.8 Å². The second-order valence-electron chi connectivity index (χ2n) is 2.41. The lowest BCUT2D eigenvalue weighted by Crippen LogP contribution is -2.19. The molecule has 17 heavy (non-hydrogen) atoms. The van der Waals surface area contributed by atoms with Gasteiger partial charge in [0.2, 0.25) is 0 Å². The predicted octanol–water partition coefficient (Wildman–Crippen LogP) is 2.20. The van der Waals surface area contributed by atoms with Crippen LogP contribution in [0.3, 0.4) is 0 Å². The van der Waals surface area contributed by atoms with E-state index < -0.39 is 7.32 Å². The highest BCUT2D eigenvalue weighted by atomic mass is 16.6. The first-order valence-corrected chi connectivity index (χ1v) is 5.19. The van der Waals surface area contributed by atoms with Gasteiger partial charge in [0, 0.05) is 7.11 Å². The highest BCUT2D eigenvalue weighted by Gasteiger charge is 2.05. The van der Waals surface area contributed by atoms with E-state index in [9.17, 15) is 0 Å². The lowest BCUT2D eigenvalue weighted by Gasteiger charge is -1.98. The Morgan fingerprint density at radius 2 is 1.24 bits per heavy atom. The summed E-state index contributed by atoms with van der Waals surface area (Å²) < 4.78 is 8.81. The molecule has 0 amide bonds. The number of rotatable bonds is 4. The summed E-state index contributed by atoms with van der Waals surface area (Å²) in [5, 5.41) is 16.1. The van der Waals surface area contributed by atoms with E-state index in [1.165, 1.54) is 7.11 Å². The van der Waals surface area contributed by atoms with E-state index >= 15 is 0 Å². The molecule has 0 bridgehead atoms. The summed E-state index contributed by atoms with van der Waals surface area (Å²) in [7, 11) is -0.169. The summed E-state index contributed by atoms with van der Waals surface area (Å²) in [5.41, 5.74) is 0. The van der Waals surface area contributed by atoms with E-state index in [1.54, 1.807) is 18.2 Å². The Kier molecular flexibility index (Phi) is 53.5. The molecule has 0 atom stereocenters. The maximum atomic E-state index is 8.06. The molecule has 0 unspecified atom stereocenters. The number of hydrogen-bond donors (Lipinski definition) is 2. The average molecular weight is 246 g/mol. The van der Waals surface area contributed by atoms with Crippen LogP contribution in [0.4, 0.5) is 0 Å². The summed E-state index contributed by atoms with van der Waals surface area (Å²) in [6.07, 6.45) is 5.25. The van der Waals surface area contributed by atoms with Crippen molar-refractivity contribution < 1.29 is 19.4 Å². The van der Waals surface area contributed by atoms with Crippen LogP contribution in [0.5, 0.6) is 0 Å². The molecule has 0 rings (SSSR count). The van der Waals surface area contributed by atoms with Crippen LogP contribution in [0.2, 0.25) is 0 Å². The minimum Gasteiger partial charge on any atom is -0.402 e. The molecule has 0 radical (unpaired) electrons. The summed E-state index contributed by atoms with van der Waals surface area (Å²) in [6, 6.07) is 0. The van der Waals surface area contributed by atoms with Crippen molar-refractivity contribution in [3.05, 3.63) is 38.0 Å². The lowest BCUT2D eigenvalue weighted by molar-refractivity contribution is 0.111. The van der Waals surface area contributed by atoms with Crippen molar-refractivity contribution in [2.24, 2.45) is 0 Å². The standard InChI is InChI=1S/C3H9BO4.3C3H6/c1-7-2-3-8-4(5)6;3*1-3-2/h5-6H,2-3H2,1H3;3*3H,1H2,2H3. The van der Waals surface area contributed by atoms with Crippen molar-refractivity contribution in [1.29, 1.82) is 0 Å². The number of allylic oxidation sites excluding steroid dienone is 3. The fourth-order valence-electron chi connectivity index (χ4n) is 0.237. The second-order valence-corrected chi connectivity index (χ2v) is 2.41.